The summed E-state index contributed by atoms with van der Waals surface area (Å²) >= 11 is 7.70. The number of hydrogen-bond acceptors (Lipinski definition) is 3. The summed E-state index contributed by atoms with van der Waals surface area (Å²) in [5.74, 6) is 0.328. The molecule has 2 amide bonds. The van der Waals surface area contributed by atoms with Gasteiger partial charge in [-0.1, -0.05) is 11.6 Å². The quantitative estimate of drug-likeness (QED) is 0.842. The van der Waals surface area contributed by atoms with Crippen LogP contribution in [-0.4, -0.2) is 42.0 Å². The zero-order valence-corrected chi connectivity index (χ0v) is 13.0. The van der Waals surface area contributed by atoms with Crippen molar-refractivity contribution in [2.45, 2.75) is 17.7 Å². The molecular weight excluding hydrogens is 296 g/mol. The number of carbonyl (C=O) groups excluding carboxylic acids is 1. The van der Waals surface area contributed by atoms with Gasteiger partial charge in [0, 0.05) is 30.3 Å². The van der Waals surface area contributed by atoms with Gasteiger partial charge in [-0.15, -0.1) is 11.8 Å². The minimum atomic E-state index is -0.102. The predicted octanol–water partition coefficient (Wildman–Crippen LogP) is 3.30. The topological polar surface area (TPSA) is 52.6 Å². The Morgan fingerprint density at radius 2 is 2.20 bits per heavy atom. The molecule has 4 nitrogen and oxygen atoms in total. The molecule has 0 radical (unpaired) electrons. The fourth-order valence-electron chi connectivity index (χ4n) is 2.27. The molecule has 1 aromatic rings. The van der Waals surface area contributed by atoms with E-state index < -0.39 is 0 Å². The second-order valence-electron chi connectivity index (χ2n) is 4.89. The lowest BCUT2D eigenvalue weighted by Gasteiger charge is -2.31. The molecule has 1 fully saturated rings. The molecule has 2 N–H and O–H groups in total. The molecule has 1 saturated heterocycles. The van der Waals surface area contributed by atoms with Crippen molar-refractivity contribution in [3.05, 3.63) is 23.2 Å². The maximum Gasteiger partial charge on any atom is 0.321 e. The van der Waals surface area contributed by atoms with E-state index >= 15 is 0 Å². The first kappa shape index (κ1) is 15.5. The van der Waals surface area contributed by atoms with Gasteiger partial charge >= 0.3 is 6.03 Å². The van der Waals surface area contributed by atoms with E-state index in [0.717, 1.165) is 17.7 Å². The number of benzene rings is 1. The molecule has 2 rings (SSSR count). The van der Waals surface area contributed by atoms with Crippen LogP contribution in [-0.2, 0) is 0 Å². The minimum absolute atomic E-state index is 0.102. The lowest BCUT2D eigenvalue weighted by molar-refractivity contribution is 0.143. The first-order chi connectivity index (χ1) is 9.63. The molecule has 110 valence electrons. The van der Waals surface area contributed by atoms with Gasteiger partial charge < -0.3 is 15.3 Å². The molecule has 0 atom stereocenters. The first-order valence-corrected chi connectivity index (χ1v) is 8.24. The van der Waals surface area contributed by atoms with Crippen LogP contribution in [0.1, 0.15) is 12.8 Å². The number of aliphatic hydroxyl groups is 1. The van der Waals surface area contributed by atoms with Gasteiger partial charge in [0.1, 0.15) is 0 Å². The molecule has 0 aromatic heterocycles. The van der Waals surface area contributed by atoms with Crippen LogP contribution in [0.15, 0.2) is 23.1 Å². The zero-order valence-electron chi connectivity index (χ0n) is 11.4. The van der Waals surface area contributed by atoms with Crippen LogP contribution >= 0.6 is 23.4 Å². The molecule has 0 aliphatic carbocycles. The molecule has 0 bridgehead atoms. The van der Waals surface area contributed by atoms with Crippen LogP contribution in [0.25, 0.3) is 0 Å². The predicted molar refractivity (Wildman–Crippen MR) is 83.6 cm³/mol. The number of piperidine rings is 1. The van der Waals surface area contributed by atoms with E-state index in [1.54, 1.807) is 22.7 Å². The van der Waals surface area contributed by atoms with Gasteiger partial charge in [0.05, 0.1) is 5.02 Å². The van der Waals surface area contributed by atoms with Crippen LogP contribution in [0.5, 0.6) is 0 Å². The molecule has 0 saturated carbocycles. The minimum Gasteiger partial charge on any atom is -0.396 e. The number of thioether (sulfide) groups is 1. The maximum absolute atomic E-state index is 12.1. The van der Waals surface area contributed by atoms with Crippen LogP contribution < -0.4 is 5.32 Å². The van der Waals surface area contributed by atoms with Crippen LogP contribution in [0.3, 0.4) is 0 Å². The van der Waals surface area contributed by atoms with E-state index in [0.29, 0.717) is 29.7 Å². The number of nitrogens with zero attached hydrogens (tertiary/aromatic N) is 1. The van der Waals surface area contributed by atoms with Crippen molar-refractivity contribution in [1.29, 1.82) is 0 Å². The van der Waals surface area contributed by atoms with Gasteiger partial charge in [-0.3, -0.25) is 0 Å². The highest BCUT2D eigenvalue weighted by atomic mass is 35.5. The molecular formula is C14H19ClN2O2S. The van der Waals surface area contributed by atoms with Crippen molar-refractivity contribution in [1.82, 2.24) is 4.90 Å². The summed E-state index contributed by atoms with van der Waals surface area (Å²) in [5.41, 5.74) is 0.710. The summed E-state index contributed by atoms with van der Waals surface area (Å²) in [4.78, 5) is 14.9. The van der Waals surface area contributed by atoms with Crippen molar-refractivity contribution in [2.75, 3.05) is 31.3 Å². The Balaban J connectivity index is 1.93. The normalized spacial score (nSPS) is 16.2. The smallest absolute Gasteiger partial charge is 0.321 e. The summed E-state index contributed by atoms with van der Waals surface area (Å²) in [6.07, 6.45) is 3.68. The highest BCUT2D eigenvalue weighted by molar-refractivity contribution is 7.98. The Morgan fingerprint density at radius 1 is 1.50 bits per heavy atom. The molecule has 1 aliphatic rings. The first-order valence-electron chi connectivity index (χ1n) is 6.64. The van der Waals surface area contributed by atoms with Crippen molar-refractivity contribution in [3.63, 3.8) is 0 Å². The number of aliphatic hydroxyl groups excluding tert-OH is 1. The van der Waals surface area contributed by atoms with Gasteiger partial charge in [-0.25, -0.2) is 4.79 Å². The maximum atomic E-state index is 12.1. The van der Waals surface area contributed by atoms with E-state index in [-0.39, 0.29) is 12.6 Å². The molecule has 1 heterocycles. The number of rotatable bonds is 3. The van der Waals surface area contributed by atoms with Gasteiger partial charge in [-0.2, -0.15) is 0 Å². The van der Waals surface area contributed by atoms with E-state index in [4.69, 9.17) is 16.7 Å². The van der Waals surface area contributed by atoms with Gasteiger partial charge in [0.15, 0.2) is 0 Å². The number of likely N-dealkylation sites (tertiary alicyclic amines) is 1. The summed E-state index contributed by atoms with van der Waals surface area (Å²) in [6, 6.07) is 5.43. The van der Waals surface area contributed by atoms with Gasteiger partial charge in [0.25, 0.3) is 0 Å². The highest BCUT2D eigenvalue weighted by Gasteiger charge is 2.22. The second kappa shape index (κ2) is 7.20. The van der Waals surface area contributed by atoms with Gasteiger partial charge in [0.2, 0.25) is 0 Å². The van der Waals surface area contributed by atoms with E-state index in [9.17, 15) is 4.79 Å². The standard InChI is InChI=1S/C14H19ClN2O2S/c1-20-13-3-2-11(8-12(13)15)16-14(19)17-6-4-10(9-18)5-7-17/h2-3,8,10,18H,4-7,9H2,1H3,(H,16,19). The van der Waals surface area contributed by atoms with E-state index in [2.05, 4.69) is 5.32 Å². The second-order valence-corrected chi connectivity index (χ2v) is 6.15. The van der Waals surface area contributed by atoms with Crippen molar-refractivity contribution >= 4 is 35.1 Å². The summed E-state index contributed by atoms with van der Waals surface area (Å²) in [7, 11) is 0. The Labute approximate surface area is 128 Å². The third kappa shape index (κ3) is 3.81. The number of carbonyl (C=O) groups is 1. The number of nitrogens with one attached hydrogen (secondary N) is 1. The Morgan fingerprint density at radius 3 is 2.75 bits per heavy atom. The summed E-state index contributed by atoms with van der Waals surface area (Å²) in [5, 5.41) is 12.6. The van der Waals surface area contributed by atoms with E-state index in [1.807, 2.05) is 18.4 Å². The molecule has 0 unspecified atom stereocenters. The zero-order chi connectivity index (χ0) is 14.5. The lowest BCUT2D eigenvalue weighted by Crippen LogP contribution is -2.41. The average molecular weight is 315 g/mol. The number of halogens is 1. The Hall–Kier alpha value is -0.910. The number of anilines is 1. The number of hydrogen-bond donors (Lipinski definition) is 2. The Bertz CT molecular complexity index is 476. The summed E-state index contributed by atoms with van der Waals surface area (Å²) in [6.45, 7) is 1.59. The fraction of sp³-hybridized carbons (Fsp3) is 0.500. The van der Waals surface area contributed by atoms with Crippen molar-refractivity contribution < 1.29 is 9.90 Å². The summed E-state index contributed by atoms with van der Waals surface area (Å²) < 4.78 is 0. The van der Waals surface area contributed by atoms with Crippen LogP contribution in [0.4, 0.5) is 10.5 Å². The largest absolute Gasteiger partial charge is 0.396 e. The van der Waals surface area contributed by atoms with Crippen molar-refractivity contribution in [2.24, 2.45) is 5.92 Å². The lowest BCUT2D eigenvalue weighted by atomic mass is 9.98. The third-order valence-electron chi connectivity index (χ3n) is 3.56. The monoisotopic (exact) mass is 314 g/mol. The molecule has 1 aromatic carbocycles. The number of amides is 2. The molecule has 1 aliphatic heterocycles. The average Bonchev–Trinajstić information content (AvgIpc) is 2.47. The molecule has 6 heteroatoms. The SMILES string of the molecule is CSc1ccc(NC(=O)N2CCC(CO)CC2)cc1Cl. The number of urea groups is 1. The Kier molecular flexibility index (Phi) is 5.57. The fourth-order valence-corrected chi connectivity index (χ4v) is 3.14. The highest BCUT2D eigenvalue weighted by Crippen LogP contribution is 2.28. The third-order valence-corrected chi connectivity index (χ3v) is 4.78. The molecule has 0 spiro atoms. The van der Waals surface area contributed by atoms with Crippen molar-refractivity contribution in [3.8, 4) is 0 Å². The van der Waals surface area contributed by atoms with Gasteiger partial charge in [-0.05, 0) is 43.2 Å². The van der Waals surface area contributed by atoms with Crippen LogP contribution in [0.2, 0.25) is 5.02 Å². The van der Waals surface area contributed by atoms with Crippen LogP contribution in [0, 0.1) is 5.92 Å². The van der Waals surface area contributed by atoms with E-state index in [1.165, 1.54) is 0 Å². The molecule has 20 heavy (non-hydrogen) atoms.